The quantitative estimate of drug-likeness (QED) is 0.828. The minimum absolute atomic E-state index is 0.523. The zero-order chi connectivity index (χ0) is 14.6. The van der Waals surface area contributed by atoms with Crippen molar-refractivity contribution in [2.45, 2.75) is 50.8 Å². The summed E-state index contributed by atoms with van der Waals surface area (Å²) < 4.78 is 7.86. The van der Waals surface area contributed by atoms with Gasteiger partial charge >= 0.3 is 0 Å². The lowest BCUT2D eigenvalue weighted by molar-refractivity contribution is -0.0174. The number of nitrogens with zero attached hydrogens (tertiary/aromatic N) is 2. The Morgan fingerprint density at radius 1 is 1.55 bits per heavy atom. The molecular weight excluding hydrogens is 322 g/mol. The molecular formula is C14H24BrN3O2. The molecule has 1 aliphatic rings. The summed E-state index contributed by atoms with van der Waals surface area (Å²) in [5.74, 6) is 0. The summed E-state index contributed by atoms with van der Waals surface area (Å²) in [4.78, 5) is 0. The van der Waals surface area contributed by atoms with Crippen molar-refractivity contribution in [2.75, 3.05) is 20.3 Å². The molecule has 0 unspecified atom stereocenters. The normalized spacial score (nSPS) is 26.9. The molecule has 114 valence electrons. The highest BCUT2D eigenvalue weighted by atomic mass is 79.9. The van der Waals surface area contributed by atoms with E-state index in [0.29, 0.717) is 19.2 Å². The molecule has 0 saturated heterocycles. The smallest absolute Gasteiger partial charge is 0.107 e. The van der Waals surface area contributed by atoms with Gasteiger partial charge in [0, 0.05) is 13.2 Å². The fraction of sp³-hybridized carbons (Fsp3) is 0.786. The average molecular weight is 346 g/mol. The van der Waals surface area contributed by atoms with Gasteiger partial charge in [0.15, 0.2) is 0 Å². The molecule has 0 amide bonds. The van der Waals surface area contributed by atoms with Crippen LogP contribution < -0.4 is 5.32 Å². The molecule has 5 nitrogen and oxygen atoms in total. The second-order valence-electron chi connectivity index (χ2n) is 5.42. The first-order valence-electron chi connectivity index (χ1n) is 7.27. The summed E-state index contributed by atoms with van der Waals surface area (Å²) in [7, 11) is 1.68. The van der Waals surface area contributed by atoms with Gasteiger partial charge in [0.1, 0.15) is 5.60 Å². The van der Waals surface area contributed by atoms with E-state index < -0.39 is 5.60 Å². The van der Waals surface area contributed by atoms with Crippen LogP contribution in [0.5, 0.6) is 0 Å². The van der Waals surface area contributed by atoms with Crippen molar-refractivity contribution in [1.82, 2.24) is 15.1 Å². The number of nitrogens with one attached hydrogen (secondary N) is 1. The molecule has 0 radical (unpaired) electrons. The number of aromatic nitrogens is 2. The van der Waals surface area contributed by atoms with Crippen LogP contribution >= 0.6 is 15.9 Å². The molecule has 1 heterocycles. The van der Waals surface area contributed by atoms with Gasteiger partial charge < -0.3 is 15.2 Å². The molecule has 1 aromatic heterocycles. The molecule has 1 aliphatic carbocycles. The van der Waals surface area contributed by atoms with Crippen LogP contribution in [-0.2, 0) is 16.9 Å². The Bertz CT molecular complexity index is 428. The van der Waals surface area contributed by atoms with Gasteiger partial charge in [-0.3, -0.25) is 4.68 Å². The third-order valence-electron chi connectivity index (χ3n) is 4.05. The van der Waals surface area contributed by atoms with E-state index in [1.165, 1.54) is 0 Å². The zero-order valence-corrected chi connectivity index (χ0v) is 13.8. The van der Waals surface area contributed by atoms with E-state index in [0.717, 1.165) is 42.4 Å². The van der Waals surface area contributed by atoms with Crippen molar-refractivity contribution >= 4 is 15.9 Å². The van der Waals surface area contributed by atoms with Crippen molar-refractivity contribution in [1.29, 1.82) is 0 Å². The summed E-state index contributed by atoms with van der Waals surface area (Å²) in [5, 5.41) is 18.8. The lowest BCUT2D eigenvalue weighted by Gasteiger charge is -2.37. The summed E-state index contributed by atoms with van der Waals surface area (Å²) >= 11 is 3.53. The van der Waals surface area contributed by atoms with Gasteiger partial charge in [0.25, 0.3) is 0 Å². The van der Waals surface area contributed by atoms with E-state index in [9.17, 15) is 5.11 Å². The molecule has 20 heavy (non-hydrogen) atoms. The number of rotatable bonds is 6. The lowest BCUT2D eigenvalue weighted by Crippen LogP contribution is -2.41. The predicted molar refractivity (Wildman–Crippen MR) is 81.6 cm³/mol. The molecule has 2 rings (SSSR count). The number of hydrogen-bond acceptors (Lipinski definition) is 4. The van der Waals surface area contributed by atoms with Crippen molar-refractivity contribution in [2.24, 2.45) is 0 Å². The van der Waals surface area contributed by atoms with Crippen LogP contribution in [0.2, 0.25) is 0 Å². The Balaban J connectivity index is 2.12. The van der Waals surface area contributed by atoms with Gasteiger partial charge in [-0.2, -0.15) is 5.10 Å². The summed E-state index contributed by atoms with van der Waals surface area (Å²) in [5.41, 5.74) is 0.110. The standard InChI is InChI=1S/C14H24BrN3O2/c1-3-16-11-4-6-14(19,7-5-11)13-12(15)10-17-18(13)8-9-20-2/h10-11,16,19H,3-9H2,1-2H3. The summed E-state index contributed by atoms with van der Waals surface area (Å²) in [6.45, 7) is 4.36. The van der Waals surface area contributed by atoms with E-state index in [1.54, 1.807) is 13.3 Å². The molecule has 0 aromatic carbocycles. The molecule has 0 atom stereocenters. The Labute approximate surface area is 128 Å². The zero-order valence-electron chi connectivity index (χ0n) is 12.2. The van der Waals surface area contributed by atoms with Gasteiger partial charge in [-0.25, -0.2) is 0 Å². The third-order valence-corrected chi connectivity index (χ3v) is 4.63. The highest BCUT2D eigenvalue weighted by molar-refractivity contribution is 9.10. The van der Waals surface area contributed by atoms with Crippen LogP contribution in [0.4, 0.5) is 0 Å². The average Bonchev–Trinajstić information content (AvgIpc) is 2.81. The largest absolute Gasteiger partial charge is 0.384 e. The fourth-order valence-corrected chi connectivity index (χ4v) is 3.66. The topological polar surface area (TPSA) is 59.3 Å². The van der Waals surface area contributed by atoms with Gasteiger partial charge in [-0.1, -0.05) is 6.92 Å². The van der Waals surface area contributed by atoms with E-state index in [-0.39, 0.29) is 0 Å². The SMILES string of the molecule is CCNC1CCC(O)(c2c(Br)cnn2CCOC)CC1. The van der Waals surface area contributed by atoms with E-state index in [1.807, 2.05) is 4.68 Å². The Hall–Kier alpha value is -0.430. The Morgan fingerprint density at radius 2 is 2.25 bits per heavy atom. The summed E-state index contributed by atoms with van der Waals surface area (Å²) in [6.07, 6.45) is 5.28. The van der Waals surface area contributed by atoms with Crippen LogP contribution in [0, 0.1) is 0 Å². The number of methoxy groups -OCH3 is 1. The van der Waals surface area contributed by atoms with Crippen LogP contribution in [0.15, 0.2) is 10.7 Å². The minimum atomic E-state index is -0.783. The van der Waals surface area contributed by atoms with Gasteiger partial charge in [-0.05, 0) is 48.2 Å². The van der Waals surface area contributed by atoms with Gasteiger partial charge in [0.2, 0.25) is 0 Å². The van der Waals surface area contributed by atoms with E-state index >= 15 is 0 Å². The monoisotopic (exact) mass is 345 g/mol. The van der Waals surface area contributed by atoms with Crippen molar-refractivity contribution in [3.8, 4) is 0 Å². The molecule has 6 heteroatoms. The maximum atomic E-state index is 11.0. The molecule has 2 N–H and O–H groups in total. The van der Waals surface area contributed by atoms with E-state index in [4.69, 9.17) is 4.74 Å². The van der Waals surface area contributed by atoms with Crippen LogP contribution in [0.25, 0.3) is 0 Å². The minimum Gasteiger partial charge on any atom is -0.384 e. The molecule has 0 spiro atoms. The molecule has 1 saturated carbocycles. The van der Waals surface area contributed by atoms with Crippen molar-refractivity contribution in [3.63, 3.8) is 0 Å². The van der Waals surface area contributed by atoms with Gasteiger partial charge in [-0.15, -0.1) is 0 Å². The number of halogens is 1. The Morgan fingerprint density at radius 3 is 2.85 bits per heavy atom. The summed E-state index contributed by atoms with van der Waals surface area (Å²) in [6, 6.07) is 0.523. The maximum Gasteiger partial charge on any atom is 0.107 e. The first-order chi connectivity index (χ1) is 9.60. The molecule has 1 fully saturated rings. The first-order valence-corrected chi connectivity index (χ1v) is 8.06. The second-order valence-corrected chi connectivity index (χ2v) is 6.27. The molecule has 1 aromatic rings. The number of ether oxygens (including phenoxy) is 1. The second kappa shape index (κ2) is 7.02. The first kappa shape index (κ1) is 15.9. The lowest BCUT2D eigenvalue weighted by atomic mass is 9.80. The predicted octanol–water partition coefficient (Wildman–Crippen LogP) is 2.03. The molecule has 0 aliphatic heterocycles. The Kier molecular flexibility index (Phi) is 5.60. The third kappa shape index (κ3) is 3.42. The van der Waals surface area contributed by atoms with Gasteiger partial charge in [0.05, 0.1) is 29.5 Å². The van der Waals surface area contributed by atoms with Crippen molar-refractivity contribution < 1.29 is 9.84 Å². The highest BCUT2D eigenvalue weighted by Gasteiger charge is 2.38. The molecule has 0 bridgehead atoms. The van der Waals surface area contributed by atoms with Crippen molar-refractivity contribution in [3.05, 3.63) is 16.4 Å². The van der Waals surface area contributed by atoms with Crippen LogP contribution in [-0.4, -0.2) is 41.2 Å². The van der Waals surface area contributed by atoms with E-state index in [2.05, 4.69) is 33.3 Å². The van der Waals surface area contributed by atoms with Crippen LogP contribution in [0.3, 0.4) is 0 Å². The highest BCUT2D eigenvalue weighted by Crippen LogP contribution is 2.40. The number of aliphatic hydroxyl groups is 1. The number of hydrogen-bond donors (Lipinski definition) is 2. The fourth-order valence-electron chi connectivity index (χ4n) is 3.00. The maximum absolute atomic E-state index is 11.0. The van der Waals surface area contributed by atoms with Crippen LogP contribution in [0.1, 0.15) is 38.3 Å².